The number of allylic oxidation sites excluding steroid dienone is 2. The summed E-state index contributed by atoms with van der Waals surface area (Å²) in [6.45, 7) is 4.15. The largest absolute Gasteiger partial charge is 0.289 e. The van der Waals surface area contributed by atoms with Crippen molar-refractivity contribution in [1.29, 1.82) is 0 Å². The average molecular weight is 302 g/mol. The molecule has 1 nitrogen and oxygen atoms in total. The third kappa shape index (κ3) is 3.87. The smallest absolute Gasteiger partial charge is 0.185 e. The molecule has 0 aliphatic heterocycles. The second kappa shape index (κ2) is 6.78. The van der Waals surface area contributed by atoms with E-state index in [-0.39, 0.29) is 5.78 Å². The van der Waals surface area contributed by atoms with E-state index in [2.05, 4.69) is 62.4 Å². The monoisotopic (exact) mass is 302 g/mol. The third-order valence-electron chi connectivity index (χ3n) is 4.24. The molecule has 0 amide bonds. The van der Waals surface area contributed by atoms with Crippen LogP contribution in [0.3, 0.4) is 0 Å². The molecule has 0 unspecified atom stereocenters. The summed E-state index contributed by atoms with van der Waals surface area (Å²) in [5.74, 6) is 0.208. The molecule has 2 aromatic carbocycles. The van der Waals surface area contributed by atoms with E-state index < -0.39 is 0 Å². The van der Waals surface area contributed by atoms with E-state index in [9.17, 15) is 4.79 Å². The number of hydrogen-bond donors (Lipinski definition) is 0. The zero-order valence-corrected chi connectivity index (χ0v) is 13.8. The van der Waals surface area contributed by atoms with Gasteiger partial charge >= 0.3 is 0 Å². The summed E-state index contributed by atoms with van der Waals surface area (Å²) in [6.07, 6.45) is 6.90. The van der Waals surface area contributed by atoms with Gasteiger partial charge < -0.3 is 0 Å². The molecule has 0 spiro atoms. The first kappa shape index (κ1) is 15.5. The van der Waals surface area contributed by atoms with Gasteiger partial charge in [0.1, 0.15) is 0 Å². The predicted octanol–water partition coefficient (Wildman–Crippen LogP) is 5.52. The molecule has 1 fully saturated rings. The van der Waals surface area contributed by atoms with Gasteiger partial charge in [0.15, 0.2) is 5.78 Å². The zero-order chi connectivity index (χ0) is 16.2. The standard InChI is InChI=1S/C22H22O/c1-16-6-3-8-18(12-16)14-20-10-5-11-21(22(20)23)15-19-9-4-7-17(2)13-19/h3-4,6-9,12-15H,5,10-11H2,1-2H3/b20-14+,21-15+. The molecule has 3 rings (SSSR count). The number of rotatable bonds is 2. The zero-order valence-electron chi connectivity index (χ0n) is 13.8. The van der Waals surface area contributed by atoms with Crippen molar-refractivity contribution in [3.05, 3.63) is 81.9 Å². The minimum absolute atomic E-state index is 0.208. The Morgan fingerprint density at radius 1 is 0.783 bits per heavy atom. The third-order valence-corrected chi connectivity index (χ3v) is 4.24. The summed E-state index contributed by atoms with van der Waals surface area (Å²) in [4.78, 5) is 12.8. The Labute approximate surface area is 138 Å². The van der Waals surface area contributed by atoms with Crippen LogP contribution in [0.4, 0.5) is 0 Å². The van der Waals surface area contributed by atoms with Crippen molar-refractivity contribution in [1.82, 2.24) is 0 Å². The Kier molecular flexibility index (Phi) is 4.57. The first-order valence-corrected chi connectivity index (χ1v) is 8.21. The van der Waals surface area contributed by atoms with Gasteiger partial charge in [-0.25, -0.2) is 0 Å². The number of Topliss-reactive ketones (excluding diaryl/α,β-unsaturated/α-hetero) is 1. The quantitative estimate of drug-likeness (QED) is 0.667. The Morgan fingerprint density at radius 2 is 1.26 bits per heavy atom. The molecule has 0 radical (unpaired) electrons. The lowest BCUT2D eigenvalue weighted by Gasteiger charge is -2.16. The molecule has 0 bridgehead atoms. The Morgan fingerprint density at radius 3 is 1.70 bits per heavy atom. The van der Waals surface area contributed by atoms with Crippen molar-refractivity contribution < 1.29 is 4.79 Å². The number of carbonyl (C=O) groups is 1. The number of carbonyl (C=O) groups excluding carboxylic acids is 1. The van der Waals surface area contributed by atoms with Crippen LogP contribution in [0.5, 0.6) is 0 Å². The molecule has 1 aliphatic rings. The normalized spacial score (nSPS) is 18.6. The summed E-state index contributed by atoms with van der Waals surface area (Å²) < 4.78 is 0. The molecule has 116 valence electrons. The van der Waals surface area contributed by atoms with Crippen LogP contribution in [0.25, 0.3) is 12.2 Å². The lowest BCUT2D eigenvalue weighted by Crippen LogP contribution is -2.12. The predicted molar refractivity (Wildman–Crippen MR) is 97.2 cm³/mol. The Hall–Kier alpha value is -2.41. The van der Waals surface area contributed by atoms with E-state index in [0.29, 0.717) is 0 Å². The molecule has 0 heterocycles. The number of ketones is 1. The minimum atomic E-state index is 0.208. The average Bonchev–Trinajstić information content (AvgIpc) is 2.51. The summed E-state index contributed by atoms with van der Waals surface area (Å²) >= 11 is 0. The second-order valence-corrected chi connectivity index (χ2v) is 6.35. The van der Waals surface area contributed by atoms with Crippen LogP contribution in [0.15, 0.2) is 59.7 Å². The highest BCUT2D eigenvalue weighted by molar-refractivity contribution is 6.13. The molecular formula is C22H22O. The molecule has 0 saturated heterocycles. The van der Waals surface area contributed by atoms with Gasteiger partial charge in [-0.1, -0.05) is 59.7 Å². The maximum absolute atomic E-state index is 12.8. The lowest BCUT2D eigenvalue weighted by molar-refractivity contribution is -0.112. The van der Waals surface area contributed by atoms with Crippen LogP contribution in [0.1, 0.15) is 41.5 Å². The van der Waals surface area contributed by atoms with Gasteiger partial charge in [0.05, 0.1) is 0 Å². The van der Waals surface area contributed by atoms with Crippen molar-refractivity contribution >= 4 is 17.9 Å². The van der Waals surface area contributed by atoms with Crippen LogP contribution >= 0.6 is 0 Å². The summed E-state index contributed by atoms with van der Waals surface area (Å²) in [7, 11) is 0. The van der Waals surface area contributed by atoms with Gasteiger partial charge in [-0.3, -0.25) is 4.79 Å². The van der Waals surface area contributed by atoms with Crippen LogP contribution in [-0.2, 0) is 4.79 Å². The number of aryl methyl sites for hydroxylation is 2. The number of hydrogen-bond acceptors (Lipinski definition) is 1. The topological polar surface area (TPSA) is 17.1 Å². The second-order valence-electron chi connectivity index (χ2n) is 6.35. The molecule has 2 aromatic rings. The van der Waals surface area contributed by atoms with Crippen LogP contribution in [-0.4, -0.2) is 5.78 Å². The van der Waals surface area contributed by atoms with Crippen LogP contribution in [0, 0.1) is 13.8 Å². The van der Waals surface area contributed by atoms with E-state index >= 15 is 0 Å². The van der Waals surface area contributed by atoms with E-state index in [0.717, 1.165) is 41.5 Å². The number of benzene rings is 2. The first-order valence-electron chi connectivity index (χ1n) is 8.21. The Balaban J connectivity index is 1.89. The fraction of sp³-hybridized carbons (Fsp3) is 0.227. The molecule has 23 heavy (non-hydrogen) atoms. The van der Waals surface area contributed by atoms with Crippen molar-refractivity contribution in [2.45, 2.75) is 33.1 Å². The molecule has 0 N–H and O–H groups in total. The molecule has 0 atom stereocenters. The fourth-order valence-electron chi connectivity index (χ4n) is 3.10. The van der Waals surface area contributed by atoms with Crippen LogP contribution < -0.4 is 0 Å². The van der Waals surface area contributed by atoms with E-state index in [1.165, 1.54) is 11.1 Å². The van der Waals surface area contributed by atoms with Crippen molar-refractivity contribution in [2.24, 2.45) is 0 Å². The lowest BCUT2D eigenvalue weighted by atomic mass is 9.86. The van der Waals surface area contributed by atoms with Gasteiger partial charge in [-0.15, -0.1) is 0 Å². The van der Waals surface area contributed by atoms with Gasteiger partial charge in [0.2, 0.25) is 0 Å². The maximum atomic E-state index is 12.8. The van der Waals surface area contributed by atoms with Gasteiger partial charge in [0.25, 0.3) is 0 Å². The van der Waals surface area contributed by atoms with Gasteiger partial charge in [-0.2, -0.15) is 0 Å². The highest BCUT2D eigenvalue weighted by atomic mass is 16.1. The highest BCUT2D eigenvalue weighted by Crippen LogP contribution is 2.28. The summed E-state index contributed by atoms with van der Waals surface area (Å²) in [5.41, 5.74) is 6.54. The molecule has 1 aliphatic carbocycles. The SMILES string of the molecule is Cc1cccc(/C=C2\CCC/C(=C\c3cccc(C)c3)C2=O)c1. The van der Waals surface area contributed by atoms with Gasteiger partial charge in [0, 0.05) is 11.1 Å². The van der Waals surface area contributed by atoms with Crippen molar-refractivity contribution in [3.63, 3.8) is 0 Å². The molecule has 0 aromatic heterocycles. The summed E-state index contributed by atoms with van der Waals surface area (Å²) in [5, 5.41) is 0. The molecular weight excluding hydrogens is 280 g/mol. The molecule has 1 heteroatoms. The van der Waals surface area contributed by atoms with E-state index in [4.69, 9.17) is 0 Å². The van der Waals surface area contributed by atoms with E-state index in [1.807, 2.05) is 12.1 Å². The highest BCUT2D eigenvalue weighted by Gasteiger charge is 2.20. The van der Waals surface area contributed by atoms with E-state index in [1.54, 1.807) is 0 Å². The minimum Gasteiger partial charge on any atom is -0.289 e. The maximum Gasteiger partial charge on any atom is 0.185 e. The van der Waals surface area contributed by atoms with Crippen LogP contribution in [0.2, 0.25) is 0 Å². The van der Waals surface area contributed by atoms with Crippen molar-refractivity contribution in [2.75, 3.05) is 0 Å². The van der Waals surface area contributed by atoms with Crippen molar-refractivity contribution in [3.8, 4) is 0 Å². The fourth-order valence-corrected chi connectivity index (χ4v) is 3.10. The first-order chi connectivity index (χ1) is 11.1. The molecule has 1 saturated carbocycles. The van der Waals surface area contributed by atoms with Gasteiger partial charge in [-0.05, 0) is 56.4 Å². The summed E-state index contributed by atoms with van der Waals surface area (Å²) in [6, 6.07) is 16.6. The Bertz CT molecular complexity index is 728.